The summed E-state index contributed by atoms with van der Waals surface area (Å²) in [5.74, 6) is -0.492. The number of hydrogen-bond donors (Lipinski definition) is 1. The SMILES string of the molecule is CC(C)C(NC1CCN(C(=O)c2ccco2)CC1)c1cc(F)ccc1F. The highest BCUT2D eigenvalue weighted by atomic mass is 19.1. The molecule has 1 N–H and O–H groups in total. The first-order chi connectivity index (χ1) is 12.5. The van der Waals surface area contributed by atoms with Gasteiger partial charge in [-0.3, -0.25) is 4.79 Å². The lowest BCUT2D eigenvalue weighted by molar-refractivity contribution is 0.0667. The van der Waals surface area contributed by atoms with E-state index in [0.29, 0.717) is 24.4 Å². The third kappa shape index (κ3) is 4.12. The Kier molecular flexibility index (Phi) is 5.71. The van der Waals surface area contributed by atoms with Crippen LogP contribution in [0, 0.1) is 17.6 Å². The zero-order valence-corrected chi connectivity index (χ0v) is 15.0. The fourth-order valence-electron chi connectivity index (χ4n) is 3.45. The van der Waals surface area contributed by atoms with Crippen molar-refractivity contribution in [1.29, 1.82) is 0 Å². The van der Waals surface area contributed by atoms with Crippen molar-refractivity contribution < 1.29 is 18.0 Å². The summed E-state index contributed by atoms with van der Waals surface area (Å²) < 4.78 is 32.9. The molecule has 2 heterocycles. The number of rotatable bonds is 5. The lowest BCUT2D eigenvalue weighted by atomic mass is 9.93. The molecular formula is C20H24F2N2O2. The lowest BCUT2D eigenvalue weighted by Gasteiger charge is -2.35. The maximum Gasteiger partial charge on any atom is 0.289 e. The third-order valence-corrected chi connectivity index (χ3v) is 4.89. The minimum absolute atomic E-state index is 0.106. The zero-order valence-electron chi connectivity index (χ0n) is 15.0. The number of amides is 1. The van der Waals surface area contributed by atoms with Gasteiger partial charge in [-0.25, -0.2) is 8.78 Å². The van der Waals surface area contributed by atoms with Crippen LogP contribution in [0.2, 0.25) is 0 Å². The average Bonchev–Trinajstić information content (AvgIpc) is 3.16. The van der Waals surface area contributed by atoms with Crippen molar-refractivity contribution in [3.8, 4) is 0 Å². The Bertz CT molecular complexity index is 738. The van der Waals surface area contributed by atoms with Crippen molar-refractivity contribution >= 4 is 5.91 Å². The van der Waals surface area contributed by atoms with Crippen LogP contribution < -0.4 is 5.32 Å². The molecule has 1 aromatic carbocycles. The van der Waals surface area contributed by atoms with E-state index in [9.17, 15) is 13.6 Å². The summed E-state index contributed by atoms with van der Waals surface area (Å²) in [5.41, 5.74) is 0.356. The molecule has 1 fully saturated rings. The van der Waals surface area contributed by atoms with E-state index >= 15 is 0 Å². The number of nitrogens with zero attached hydrogens (tertiary/aromatic N) is 1. The zero-order chi connectivity index (χ0) is 18.7. The van der Waals surface area contributed by atoms with Crippen LogP contribution in [-0.2, 0) is 0 Å². The van der Waals surface area contributed by atoms with Gasteiger partial charge in [0.1, 0.15) is 11.6 Å². The molecule has 6 heteroatoms. The number of benzene rings is 1. The highest BCUT2D eigenvalue weighted by Gasteiger charge is 2.28. The van der Waals surface area contributed by atoms with Crippen molar-refractivity contribution in [2.24, 2.45) is 5.92 Å². The molecule has 26 heavy (non-hydrogen) atoms. The van der Waals surface area contributed by atoms with Gasteiger partial charge in [0.15, 0.2) is 5.76 Å². The molecule has 1 aromatic heterocycles. The van der Waals surface area contributed by atoms with Crippen LogP contribution in [0.5, 0.6) is 0 Å². The van der Waals surface area contributed by atoms with E-state index < -0.39 is 11.6 Å². The Morgan fingerprint density at radius 2 is 1.96 bits per heavy atom. The number of likely N-dealkylation sites (tertiary alicyclic amines) is 1. The van der Waals surface area contributed by atoms with Crippen molar-refractivity contribution in [3.05, 3.63) is 59.6 Å². The van der Waals surface area contributed by atoms with Crippen molar-refractivity contribution in [2.45, 2.75) is 38.8 Å². The van der Waals surface area contributed by atoms with Crippen LogP contribution in [0.25, 0.3) is 0 Å². The number of nitrogens with one attached hydrogen (secondary N) is 1. The molecule has 4 nitrogen and oxygen atoms in total. The topological polar surface area (TPSA) is 45.5 Å². The molecular weight excluding hydrogens is 338 g/mol. The second-order valence-electron chi connectivity index (χ2n) is 7.10. The van der Waals surface area contributed by atoms with E-state index in [1.54, 1.807) is 17.0 Å². The number of hydrogen-bond acceptors (Lipinski definition) is 3. The summed E-state index contributed by atoms with van der Waals surface area (Å²) in [6.45, 7) is 5.18. The molecule has 0 radical (unpaired) electrons. The highest BCUT2D eigenvalue weighted by molar-refractivity contribution is 5.91. The Labute approximate surface area is 152 Å². The Balaban J connectivity index is 1.63. The van der Waals surface area contributed by atoms with E-state index in [0.717, 1.165) is 18.9 Å². The number of carbonyl (C=O) groups is 1. The summed E-state index contributed by atoms with van der Waals surface area (Å²) in [7, 11) is 0. The quantitative estimate of drug-likeness (QED) is 0.869. The first kappa shape index (κ1) is 18.6. The highest BCUT2D eigenvalue weighted by Crippen LogP contribution is 2.27. The molecule has 0 bridgehead atoms. The monoisotopic (exact) mass is 362 g/mol. The predicted octanol–water partition coefficient (Wildman–Crippen LogP) is 4.15. The van der Waals surface area contributed by atoms with Gasteiger partial charge in [-0.1, -0.05) is 13.8 Å². The first-order valence-corrected chi connectivity index (χ1v) is 8.99. The number of piperidine rings is 1. The van der Waals surface area contributed by atoms with Gasteiger partial charge in [0.25, 0.3) is 5.91 Å². The minimum atomic E-state index is -0.437. The Morgan fingerprint density at radius 1 is 1.23 bits per heavy atom. The molecule has 1 saturated heterocycles. The molecule has 1 amide bonds. The Morgan fingerprint density at radius 3 is 2.58 bits per heavy atom. The maximum absolute atomic E-state index is 14.2. The largest absolute Gasteiger partial charge is 0.459 e. The second kappa shape index (κ2) is 7.99. The van der Waals surface area contributed by atoms with E-state index in [1.807, 2.05) is 13.8 Å². The molecule has 3 rings (SSSR count). The molecule has 0 aliphatic carbocycles. The summed E-state index contributed by atoms with van der Waals surface area (Å²) in [6.07, 6.45) is 3.00. The van der Waals surface area contributed by atoms with Crippen LogP contribution in [0.15, 0.2) is 41.0 Å². The summed E-state index contributed by atoms with van der Waals surface area (Å²) >= 11 is 0. The second-order valence-corrected chi connectivity index (χ2v) is 7.10. The average molecular weight is 362 g/mol. The molecule has 0 spiro atoms. The van der Waals surface area contributed by atoms with Gasteiger partial charge in [0.2, 0.25) is 0 Å². The van der Waals surface area contributed by atoms with Crippen molar-refractivity contribution in [1.82, 2.24) is 10.2 Å². The first-order valence-electron chi connectivity index (χ1n) is 8.99. The van der Waals surface area contributed by atoms with Gasteiger partial charge in [0, 0.05) is 30.7 Å². The Hall–Kier alpha value is -2.21. The number of halogens is 2. The fourth-order valence-corrected chi connectivity index (χ4v) is 3.45. The van der Waals surface area contributed by atoms with E-state index in [1.165, 1.54) is 18.4 Å². The van der Waals surface area contributed by atoms with Gasteiger partial charge in [-0.2, -0.15) is 0 Å². The van der Waals surface area contributed by atoms with Crippen molar-refractivity contribution in [3.63, 3.8) is 0 Å². The summed E-state index contributed by atoms with van der Waals surface area (Å²) in [6, 6.07) is 6.80. The molecule has 140 valence electrons. The van der Waals surface area contributed by atoms with Gasteiger partial charge in [-0.05, 0) is 49.1 Å². The van der Waals surface area contributed by atoms with Gasteiger partial charge in [0.05, 0.1) is 6.26 Å². The fraction of sp³-hybridized carbons (Fsp3) is 0.450. The summed E-state index contributed by atoms with van der Waals surface area (Å²) in [4.78, 5) is 14.1. The third-order valence-electron chi connectivity index (χ3n) is 4.89. The van der Waals surface area contributed by atoms with E-state index in [2.05, 4.69) is 5.32 Å². The molecule has 1 atom stereocenters. The number of furan rings is 1. The minimum Gasteiger partial charge on any atom is -0.459 e. The van der Waals surface area contributed by atoms with Crippen LogP contribution >= 0.6 is 0 Å². The van der Waals surface area contributed by atoms with Gasteiger partial charge < -0.3 is 14.6 Å². The normalized spacial score (nSPS) is 16.9. The predicted molar refractivity (Wildman–Crippen MR) is 94.7 cm³/mol. The standard InChI is InChI=1S/C20H24F2N2O2/c1-13(2)19(16-12-14(21)5-6-17(16)22)23-15-7-9-24(10-8-15)20(25)18-4-3-11-26-18/h3-6,11-13,15,19,23H,7-10H2,1-2H3. The van der Waals surface area contributed by atoms with E-state index in [4.69, 9.17) is 4.42 Å². The molecule has 1 unspecified atom stereocenters. The van der Waals surface area contributed by atoms with Crippen LogP contribution in [0.1, 0.15) is 48.8 Å². The molecule has 1 aliphatic heterocycles. The van der Waals surface area contributed by atoms with Crippen LogP contribution in [0.3, 0.4) is 0 Å². The lowest BCUT2D eigenvalue weighted by Crippen LogP contribution is -2.46. The van der Waals surface area contributed by atoms with Crippen LogP contribution in [-0.4, -0.2) is 29.9 Å². The van der Waals surface area contributed by atoms with Gasteiger partial charge in [-0.15, -0.1) is 0 Å². The number of carbonyl (C=O) groups excluding carboxylic acids is 1. The maximum atomic E-state index is 14.2. The van der Waals surface area contributed by atoms with Crippen LogP contribution in [0.4, 0.5) is 8.78 Å². The molecule has 2 aromatic rings. The smallest absolute Gasteiger partial charge is 0.289 e. The molecule has 1 aliphatic rings. The molecule has 0 saturated carbocycles. The van der Waals surface area contributed by atoms with E-state index in [-0.39, 0.29) is 23.9 Å². The van der Waals surface area contributed by atoms with Crippen molar-refractivity contribution in [2.75, 3.05) is 13.1 Å². The van der Waals surface area contributed by atoms with Gasteiger partial charge >= 0.3 is 0 Å². The summed E-state index contributed by atoms with van der Waals surface area (Å²) in [5, 5.41) is 3.47.